The molecule has 158 valence electrons. The Bertz CT molecular complexity index is 878. The van der Waals surface area contributed by atoms with E-state index in [-0.39, 0.29) is 24.1 Å². The number of ether oxygens (including phenoxy) is 1. The molecule has 0 saturated heterocycles. The summed E-state index contributed by atoms with van der Waals surface area (Å²) in [6.07, 6.45) is 0. The van der Waals surface area contributed by atoms with E-state index in [4.69, 9.17) is 4.74 Å². The first-order valence-electron chi connectivity index (χ1n) is 10.3. The van der Waals surface area contributed by atoms with E-state index in [1.54, 1.807) is 0 Å². The van der Waals surface area contributed by atoms with Gasteiger partial charge in [-0.1, -0.05) is 86.6 Å². The number of nitrogens with zero attached hydrogens (tertiary/aromatic N) is 1. The van der Waals surface area contributed by atoms with E-state index in [9.17, 15) is 4.79 Å². The van der Waals surface area contributed by atoms with Gasteiger partial charge in [0.2, 0.25) is 0 Å². The van der Waals surface area contributed by atoms with Crippen LogP contribution in [-0.4, -0.2) is 36.9 Å². The molecule has 0 aliphatic heterocycles. The number of hydrogen-bond donors (Lipinski definition) is 0. The number of halogens is 1. The molecule has 0 aliphatic carbocycles. The van der Waals surface area contributed by atoms with Gasteiger partial charge < -0.3 is 9.64 Å². The van der Waals surface area contributed by atoms with Crippen LogP contribution in [0.5, 0.6) is 5.75 Å². The summed E-state index contributed by atoms with van der Waals surface area (Å²) in [5.41, 5.74) is 2.69. The lowest BCUT2D eigenvalue weighted by Crippen LogP contribution is -2.27. The van der Waals surface area contributed by atoms with Crippen LogP contribution >= 0.6 is 12.4 Å². The van der Waals surface area contributed by atoms with Gasteiger partial charge in [0.1, 0.15) is 12.4 Å². The van der Waals surface area contributed by atoms with Gasteiger partial charge >= 0.3 is 0 Å². The Balaban J connectivity index is 0.00000320. The molecule has 0 fully saturated rings. The zero-order chi connectivity index (χ0) is 20.5. The summed E-state index contributed by atoms with van der Waals surface area (Å²) in [6, 6.07) is 27.4. The molecule has 3 aromatic carbocycles. The van der Waals surface area contributed by atoms with Gasteiger partial charge in [0.15, 0.2) is 5.78 Å². The van der Waals surface area contributed by atoms with Gasteiger partial charge in [-0.25, -0.2) is 0 Å². The Labute approximate surface area is 186 Å². The summed E-state index contributed by atoms with van der Waals surface area (Å²) in [4.78, 5) is 15.6. The minimum absolute atomic E-state index is 0. The van der Waals surface area contributed by atoms with Gasteiger partial charge in [-0.05, 0) is 36.3 Å². The van der Waals surface area contributed by atoms with E-state index in [2.05, 4.69) is 18.7 Å². The molecule has 0 bridgehead atoms. The lowest BCUT2D eigenvalue weighted by atomic mass is 9.85. The van der Waals surface area contributed by atoms with Crippen LogP contribution in [0, 0.1) is 0 Å². The highest BCUT2D eigenvalue weighted by Crippen LogP contribution is 2.30. The maximum atomic E-state index is 13.3. The topological polar surface area (TPSA) is 29.5 Å². The van der Waals surface area contributed by atoms with Crippen LogP contribution in [0.25, 0.3) is 0 Å². The average Bonchev–Trinajstić information content (AvgIpc) is 2.79. The van der Waals surface area contributed by atoms with Crippen molar-refractivity contribution in [3.63, 3.8) is 0 Å². The third-order valence-corrected chi connectivity index (χ3v) is 5.24. The summed E-state index contributed by atoms with van der Waals surface area (Å²) >= 11 is 0. The Hall–Kier alpha value is -2.62. The van der Waals surface area contributed by atoms with Crippen molar-refractivity contribution in [2.45, 2.75) is 19.8 Å². The predicted octanol–water partition coefficient (Wildman–Crippen LogP) is 5.84. The number of hydrogen-bond acceptors (Lipinski definition) is 3. The molecule has 0 saturated carbocycles. The summed E-state index contributed by atoms with van der Waals surface area (Å²) in [5, 5.41) is 0. The average molecular weight is 424 g/mol. The van der Waals surface area contributed by atoms with E-state index in [0.717, 1.165) is 42.1 Å². The third-order valence-electron chi connectivity index (χ3n) is 5.24. The van der Waals surface area contributed by atoms with Crippen molar-refractivity contribution in [1.29, 1.82) is 0 Å². The molecule has 1 atom stereocenters. The van der Waals surface area contributed by atoms with Gasteiger partial charge in [-0.15, -0.1) is 12.4 Å². The molecule has 0 heterocycles. The molecule has 0 N–H and O–H groups in total. The minimum Gasteiger partial charge on any atom is -0.492 e. The van der Waals surface area contributed by atoms with Crippen LogP contribution in [0.3, 0.4) is 0 Å². The van der Waals surface area contributed by atoms with E-state index in [0.29, 0.717) is 6.61 Å². The highest BCUT2D eigenvalue weighted by atomic mass is 35.5. The Morgan fingerprint density at radius 1 is 0.800 bits per heavy atom. The normalized spacial score (nSPS) is 11.6. The summed E-state index contributed by atoms with van der Waals surface area (Å²) in [5.74, 6) is 0.607. The van der Waals surface area contributed by atoms with Crippen LogP contribution in [0.15, 0.2) is 84.9 Å². The van der Waals surface area contributed by atoms with Crippen molar-refractivity contribution in [3.8, 4) is 5.75 Å². The van der Waals surface area contributed by atoms with Gasteiger partial charge in [-0.3, -0.25) is 4.79 Å². The minimum atomic E-state index is -0.330. The molecule has 0 radical (unpaired) electrons. The van der Waals surface area contributed by atoms with Crippen LogP contribution < -0.4 is 4.74 Å². The van der Waals surface area contributed by atoms with E-state index in [1.807, 2.05) is 84.9 Å². The number of ketones is 1. The lowest BCUT2D eigenvalue weighted by molar-refractivity contribution is 0.0974. The number of carbonyl (C=O) groups excluding carboxylic acids is 1. The fraction of sp³-hybridized carbons (Fsp3) is 0.269. The second kappa shape index (κ2) is 12.2. The van der Waals surface area contributed by atoms with E-state index in [1.165, 1.54) is 0 Å². The summed E-state index contributed by atoms with van der Waals surface area (Å²) in [6.45, 7) is 7.94. The fourth-order valence-corrected chi connectivity index (χ4v) is 3.50. The van der Waals surface area contributed by atoms with Crippen molar-refractivity contribution in [1.82, 2.24) is 4.90 Å². The van der Waals surface area contributed by atoms with Crippen molar-refractivity contribution < 1.29 is 9.53 Å². The van der Waals surface area contributed by atoms with Crippen molar-refractivity contribution >= 4 is 18.2 Å². The first-order chi connectivity index (χ1) is 14.2. The van der Waals surface area contributed by atoms with Crippen LogP contribution in [0.1, 0.15) is 41.3 Å². The molecule has 0 aromatic heterocycles. The Morgan fingerprint density at radius 3 is 1.90 bits per heavy atom. The summed E-state index contributed by atoms with van der Waals surface area (Å²) < 4.78 is 5.90. The zero-order valence-corrected chi connectivity index (χ0v) is 18.5. The van der Waals surface area contributed by atoms with Crippen molar-refractivity contribution in [2.75, 3.05) is 26.2 Å². The van der Waals surface area contributed by atoms with Crippen molar-refractivity contribution in [3.05, 3.63) is 102 Å². The number of rotatable bonds is 10. The molecular formula is C26H30ClNO2. The number of Topliss-reactive ketones (excluding diaryl/α,β-unsaturated/α-hetero) is 1. The molecule has 0 aliphatic rings. The zero-order valence-electron chi connectivity index (χ0n) is 17.7. The molecular weight excluding hydrogens is 394 g/mol. The molecule has 1 unspecified atom stereocenters. The molecule has 0 spiro atoms. The van der Waals surface area contributed by atoms with Crippen LogP contribution in [-0.2, 0) is 0 Å². The molecule has 3 nitrogen and oxygen atoms in total. The van der Waals surface area contributed by atoms with Gasteiger partial charge in [0.05, 0.1) is 5.92 Å². The number of benzene rings is 3. The molecule has 3 aromatic rings. The summed E-state index contributed by atoms with van der Waals surface area (Å²) in [7, 11) is 0. The van der Waals surface area contributed by atoms with Crippen LogP contribution in [0.4, 0.5) is 0 Å². The SMILES string of the molecule is CCN(CC)CCOc1ccc(C(C(=O)c2ccccc2)c2ccccc2)cc1.Cl. The first-order valence-corrected chi connectivity index (χ1v) is 10.3. The van der Waals surface area contributed by atoms with Crippen molar-refractivity contribution in [2.24, 2.45) is 0 Å². The lowest BCUT2D eigenvalue weighted by Gasteiger charge is -2.19. The fourth-order valence-electron chi connectivity index (χ4n) is 3.50. The molecule has 3 rings (SSSR count). The molecule has 0 amide bonds. The smallest absolute Gasteiger partial charge is 0.174 e. The molecule has 4 heteroatoms. The highest BCUT2D eigenvalue weighted by molar-refractivity contribution is 6.03. The maximum Gasteiger partial charge on any atom is 0.174 e. The monoisotopic (exact) mass is 423 g/mol. The van der Waals surface area contributed by atoms with E-state index < -0.39 is 0 Å². The maximum absolute atomic E-state index is 13.3. The van der Waals surface area contributed by atoms with E-state index >= 15 is 0 Å². The quantitative estimate of drug-likeness (QED) is 0.383. The van der Waals surface area contributed by atoms with Crippen LogP contribution in [0.2, 0.25) is 0 Å². The Morgan fingerprint density at radius 2 is 1.33 bits per heavy atom. The van der Waals surface area contributed by atoms with Gasteiger partial charge in [0, 0.05) is 12.1 Å². The highest BCUT2D eigenvalue weighted by Gasteiger charge is 2.23. The largest absolute Gasteiger partial charge is 0.492 e. The Kier molecular flexibility index (Phi) is 9.59. The van der Waals surface area contributed by atoms with Gasteiger partial charge in [0.25, 0.3) is 0 Å². The predicted molar refractivity (Wildman–Crippen MR) is 126 cm³/mol. The second-order valence-corrected chi connectivity index (χ2v) is 7.02. The van der Waals surface area contributed by atoms with Gasteiger partial charge in [-0.2, -0.15) is 0 Å². The number of likely N-dealkylation sites (N-methyl/N-ethyl adjacent to an activating group) is 1. The number of carbonyl (C=O) groups is 1. The molecule has 30 heavy (non-hydrogen) atoms. The first kappa shape index (κ1) is 23.7. The third kappa shape index (κ3) is 6.19. The standard InChI is InChI=1S/C26H29NO2.ClH/c1-3-27(4-2)19-20-29-24-17-15-22(16-18-24)25(21-11-7-5-8-12-21)26(28)23-13-9-6-10-14-23;/h5-18,25H,3-4,19-20H2,1-2H3;1H. The second-order valence-electron chi connectivity index (χ2n) is 7.02.